The van der Waals surface area contributed by atoms with Gasteiger partial charge in [-0.05, 0) is 63.1 Å². The van der Waals surface area contributed by atoms with Gasteiger partial charge in [0.25, 0.3) is 5.91 Å². The van der Waals surface area contributed by atoms with Crippen LogP contribution in [0.3, 0.4) is 0 Å². The van der Waals surface area contributed by atoms with Crippen LogP contribution in [0.25, 0.3) is 11.1 Å². The number of amides is 1. The summed E-state index contributed by atoms with van der Waals surface area (Å²) in [4.78, 5) is 12.7. The molecule has 1 atom stereocenters. The Labute approximate surface area is 163 Å². The van der Waals surface area contributed by atoms with Crippen molar-refractivity contribution in [3.05, 3.63) is 70.8 Å². The number of benzene rings is 2. The number of nitrogens with one attached hydrogen (secondary N) is 1. The first-order valence-electron chi connectivity index (χ1n) is 9.25. The van der Waals surface area contributed by atoms with Crippen molar-refractivity contribution >= 4 is 5.91 Å². The van der Waals surface area contributed by atoms with Gasteiger partial charge in [0.1, 0.15) is 0 Å². The van der Waals surface area contributed by atoms with Crippen LogP contribution in [-0.2, 0) is 6.54 Å². The predicted molar refractivity (Wildman–Crippen MR) is 107 cm³/mol. The average molecular weight is 381 g/mol. The fourth-order valence-electron chi connectivity index (χ4n) is 3.39. The Kier molecular flexibility index (Phi) is 5.49. The number of phenolic OH excluding ortho intramolecular Hbond substituents is 1. The summed E-state index contributed by atoms with van der Waals surface area (Å²) < 4.78 is 15.5. The van der Waals surface area contributed by atoms with E-state index in [1.165, 1.54) is 12.1 Å². The molecule has 2 N–H and O–H groups in total. The second-order valence-corrected chi connectivity index (χ2v) is 6.85. The number of rotatable bonds is 5. The first-order chi connectivity index (χ1) is 13.3. The van der Waals surface area contributed by atoms with E-state index in [-0.39, 0.29) is 5.91 Å². The second-order valence-electron chi connectivity index (χ2n) is 6.85. The molecule has 1 unspecified atom stereocenters. The van der Waals surface area contributed by atoms with E-state index in [4.69, 9.17) is 0 Å². The smallest absolute Gasteiger partial charge is 0.251 e. The Balaban J connectivity index is 1.84. The van der Waals surface area contributed by atoms with Gasteiger partial charge in [0.2, 0.25) is 0 Å². The number of phenols is 1. The molecule has 1 amide bonds. The summed E-state index contributed by atoms with van der Waals surface area (Å²) in [5.74, 6) is -1.37. The highest BCUT2D eigenvalue weighted by atomic mass is 19.1. The van der Waals surface area contributed by atoms with Gasteiger partial charge in [-0.1, -0.05) is 18.2 Å². The highest BCUT2D eigenvalue weighted by molar-refractivity contribution is 5.95. The Bertz CT molecular complexity index is 1030. The molecule has 6 heteroatoms. The molecule has 0 saturated heterocycles. The summed E-state index contributed by atoms with van der Waals surface area (Å²) in [5.41, 5.74) is 5.05. The van der Waals surface area contributed by atoms with E-state index >= 15 is 0 Å². The Morgan fingerprint density at radius 2 is 2.00 bits per heavy atom. The zero-order valence-corrected chi connectivity index (χ0v) is 16.5. The number of hydrogen-bond acceptors (Lipinski definition) is 3. The SMILES string of the molecule is CCn1nc(C)c(-c2cccc(C(=O)NC(C)c3ccc(O)c(F)c3)c2)c1C. The van der Waals surface area contributed by atoms with Crippen molar-refractivity contribution in [3.8, 4) is 16.9 Å². The zero-order chi connectivity index (χ0) is 20.4. The van der Waals surface area contributed by atoms with Crippen molar-refractivity contribution in [2.24, 2.45) is 0 Å². The lowest BCUT2D eigenvalue weighted by Crippen LogP contribution is -2.26. The zero-order valence-electron chi connectivity index (χ0n) is 16.5. The van der Waals surface area contributed by atoms with E-state index in [1.807, 2.05) is 43.7 Å². The van der Waals surface area contributed by atoms with E-state index < -0.39 is 17.6 Å². The fraction of sp³-hybridized carbons (Fsp3) is 0.273. The summed E-state index contributed by atoms with van der Waals surface area (Å²) in [6.45, 7) is 8.58. The number of carbonyl (C=O) groups is 1. The number of halogens is 1. The van der Waals surface area contributed by atoms with E-state index in [2.05, 4.69) is 10.4 Å². The lowest BCUT2D eigenvalue weighted by molar-refractivity contribution is 0.0940. The topological polar surface area (TPSA) is 67.2 Å². The van der Waals surface area contributed by atoms with Crippen molar-refractivity contribution in [3.63, 3.8) is 0 Å². The number of aromatic hydroxyl groups is 1. The summed E-state index contributed by atoms with van der Waals surface area (Å²) >= 11 is 0. The van der Waals surface area contributed by atoms with Crippen molar-refractivity contribution in [2.45, 2.75) is 40.3 Å². The maximum Gasteiger partial charge on any atom is 0.251 e. The van der Waals surface area contributed by atoms with Crippen LogP contribution in [0.5, 0.6) is 5.75 Å². The minimum atomic E-state index is -0.709. The molecule has 0 aliphatic carbocycles. The maximum absolute atomic E-state index is 13.6. The predicted octanol–water partition coefficient (Wildman–Crippen LogP) is 4.52. The van der Waals surface area contributed by atoms with Crippen LogP contribution in [0, 0.1) is 19.7 Å². The van der Waals surface area contributed by atoms with E-state index in [1.54, 1.807) is 19.1 Å². The van der Waals surface area contributed by atoms with Gasteiger partial charge < -0.3 is 10.4 Å². The lowest BCUT2D eigenvalue weighted by atomic mass is 10.0. The van der Waals surface area contributed by atoms with Crippen LogP contribution in [0.1, 0.15) is 47.2 Å². The maximum atomic E-state index is 13.6. The molecular formula is C22H24FN3O2. The van der Waals surface area contributed by atoms with Crippen molar-refractivity contribution in [2.75, 3.05) is 0 Å². The van der Waals surface area contributed by atoms with Crippen LogP contribution in [0.4, 0.5) is 4.39 Å². The molecule has 1 heterocycles. The molecule has 5 nitrogen and oxygen atoms in total. The Morgan fingerprint density at radius 3 is 2.64 bits per heavy atom. The largest absolute Gasteiger partial charge is 0.505 e. The highest BCUT2D eigenvalue weighted by Gasteiger charge is 2.16. The molecular weight excluding hydrogens is 357 g/mol. The number of aromatic nitrogens is 2. The summed E-state index contributed by atoms with van der Waals surface area (Å²) in [6, 6.07) is 11.1. The first-order valence-corrected chi connectivity index (χ1v) is 9.25. The summed E-state index contributed by atoms with van der Waals surface area (Å²) in [7, 11) is 0. The standard InChI is InChI=1S/C22H24FN3O2/c1-5-26-15(4)21(14(3)25-26)17-7-6-8-18(11-17)22(28)24-13(2)16-9-10-20(27)19(23)12-16/h6-13,27H,5H2,1-4H3,(H,24,28). The van der Waals surface area contributed by atoms with Gasteiger partial charge in [-0.3, -0.25) is 9.48 Å². The third-order valence-electron chi connectivity index (χ3n) is 4.91. The number of nitrogens with zero attached hydrogens (tertiary/aromatic N) is 2. The molecule has 3 rings (SSSR count). The van der Waals surface area contributed by atoms with E-state index in [9.17, 15) is 14.3 Å². The molecule has 1 aromatic heterocycles. The molecule has 0 bridgehead atoms. The molecule has 28 heavy (non-hydrogen) atoms. The van der Waals surface area contributed by atoms with Crippen molar-refractivity contribution in [1.82, 2.24) is 15.1 Å². The molecule has 3 aromatic rings. The lowest BCUT2D eigenvalue weighted by Gasteiger charge is -2.15. The number of hydrogen-bond donors (Lipinski definition) is 2. The van der Waals surface area contributed by atoms with Gasteiger partial charge in [-0.15, -0.1) is 0 Å². The van der Waals surface area contributed by atoms with Crippen LogP contribution in [-0.4, -0.2) is 20.8 Å². The van der Waals surface area contributed by atoms with Crippen LogP contribution in [0.2, 0.25) is 0 Å². The number of aryl methyl sites for hydroxylation is 2. The molecule has 0 radical (unpaired) electrons. The average Bonchev–Trinajstić information content (AvgIpc) is 2.97. The Morgan fingerprint density at radius 1 is 1.25 bits per heavy atom. The Hall–Kier alpha value is -3.15. The molecule has 0 aliphatic heterocycles. The third-order valence-corrected chi connectivity index (χ3v) is 4.91. The van der Waals surface area contributed by atoms with Gasteiger partial charge >= 0.3 is 0 Å². The van der Waals surface area contributed by atoms with Gasteiger partial charge in [-0.2, -0.15) is 5.10 Å². The third kappa shape index (κ3) is 3.76. The minimum absolute atomic E-state index is 0.249. The first kappa shape index (κ1) is 19.6. The van der Waals surface area contributed by atoms with Crippen LogP contribution >= 0.6 is 0 Å². The van der Waals surface area contributed by atoms with Crippen molar-refractivity contribution < 1.29 is 14.3 Å². The highest BCUT2D eigenvalue weighted by Crippen LogP contribution is 2.28. The molecule has 0 spiro atoms. The van der Waals surface area contributed by atoms with Crippen molar-refractivity contribution in [1.29, 1.82) is 0 Å². The molecule has 2 aromatic carbocycles. The number of carbonyl (C=O) groups excluding carboxylic acids is 1. The summed E-state index contributed by atoms with van der Waals surface area (Å²) in [5, 5.41) is 16.7. The van der Waals surface area contributed by atoms with Crippen LogP contribution in [0.15, 0.2) is 42.5 Å². The normalized spacial score (nSPS) is 12.0. The van der Waals surface area contributed by atoms with Crippen LogP contribution < -0.4 is 5.32 Å². The second kappa shape index (κ2) is 7.84. The van der Waals surface area contributed by atoms with E-state index in [0.717, 1.165) is 29.1 Å². The molecule has 146 valence electrons. The minimum Gasteiger partial charge on any atom is -0.505 e. The summed E-state index contributed by atoms with van der Waals surface area (Å²) in [6.07, 6.45) is 0. The monoisotopic (exact) mass is 381 g/mol. The quantitative estimate of drug-likeness (QED) is 0.683. The van der Waals surface area contributed by atoms with Gasteiger partial charge in [0.15, 0.2) is 11.6 Å². The fourth-order valence-corrected chi connectivity index (χ4v) is 3.39. The van der Waals surface area contributed by atoms with Gasteiger partial charge in [-0.25, -0.2) is 4.39 Å². The van der Waals surface area contributed by atoms with E-state index in [0.29, 0.717) is 11.1 Å². The molecule has 0 aliphatic rings. The van der Waals surface area contributed by atoms with Gasteiger partial charge in [0, 0.05) is 23.4 Å². The van der Waals surface area contributed by atoms with Gasteiger partial charge in [0.05, 0.1) is 11.7 Å². The molecule has 0 saturated carbocycles. The molecule has 0 fully saturated rings.